The number of H-pyrrole nitrogens is 1. The summed E-state index contributed by atoms with van der Waals surface area (Å²) in [5.41, 5.74) is 7.31. The lowest BCUT2D eigenvalue weighted by atomic mass is 9.99. The minimum absolute atomic E-state index is 0.0175. The lowest BCUT2D eigenvalue weighted by molar-refractivity contribution is -0.137. The molecule has 2 aromatic rings. The van der Waals surface area contributed by atoms with Crippen molar-refractivity contribution in [1.82, 2.24) is 15.1 Å². The summed E-state index contributed by atoms with van der Waals surface area (Å²) in [5.74, 6) is 0.00412. The SMILES string of the molecule is Cc1ccc(OCC(=O)N2CCCCC2c2cc(C(N)=O)n[nH]2)cc1. The predicted molar refractivity (Wildman–Crippen MR) is 92.1 cm³/mol. The maximum absolute atomic E-state index is 12.6. The normalized spacial score (nSPS) is 17.3. The van der Waals surface area contributed by atoms with Gasteiger partial charge in [-0.15, -0.1) is 0 Å². The zero-order valence-corrected chi connectivity index (χ0v) is 14.2. The number of carbonyl (C=O) groups excluding carboxylic acids is 2. The van der Waals surface area contributed by atoms with Crippen LogP contribution in [-0.4, -0.2) is 40.1 Å². The van der Waals surface area contributed by atoms with E-state index < -0.39 is 5.91 Å². The van der Waals surface area contributed by atoms with E-state index >= 15 is 0 Å². The number of nitrogens with one attached hydrogen (secondary N) is 1. The van der Waals surface area contributed by atoms with E-state index in [0.717, 1.165) is 30.5 Å². The van der Waals surface area contributed by atoms with Crippen LogP contribution in [0.15, 0.2) is 30.3 Å². The van der Waals surface area contributed by atoms with Gasteiger partial charge < -0.3 is 15.4 Å². The van der Waals surface area contributed by atoms with E-state index in [1.54, 1.807) is 11.0 Å². The Hall–Kier alpha value is -2.83. The molecular formula is C18H22N4O3. The number of aryl methyl sites for hydroxylation is 1. The van der Waals surface area contributed by atoms with E-state index in [-0.39, 0.29) is 24.2 Å². The van der Waals surface area contributed by atoms with Crippen LogP contribution in [0.2, 0.25) is 0 Å². The Bertz CT molecular complexity index is 754. The van der Waals surface area contributed by atoms with Crippen LogP contribution in [0.4, 0.5) is 0 Å². The Morgan fingerprint density at radius 2 is 2.08 bits per heavy atom. The fourth-order valence-corrected chi connectivity index (χ4v) is 3.05. The topological polar surface area (TPSA) is 101 Å². The van der Waals surface area contributed by atoms with Crippen molar-refractivity contribution in [3.8, 4) is 5.75 Å². The van der Waals surface area contributed by atoms with Crippen LogP contribution >= 0.6 is 0 Å². The number of ether oxygens (including phenoxy) is 1. The Balaban J connectivity index is 1.67. The van der Waals surface area contributed by atoms with Crippen molar-refractivity contribution in [3.63, 3.8) is 0 Å². The molecule has 1 atom stereocenters. The number of piperidine rings is 1. The van der Waals surface area contributed by atoms with Gasteiger partial charge in [0.15, 0.2) is 6.61 Å². The Morgan fingerprint density at radius 3 is 2.76 bits per heavy atom. The second-order valence-electron chi connectivity index (χ2n) is 6.27. The van der Waals surface area contributed by atoms with Gasteiger partial charge in [0.2, 0.25) is 0 Å². The average Bonchev–Trinajstić information content (AvgIpc) is 3.11. The molecule has 1 aromatic carbocycles. The maximum Gasteiger partial charge on any atom is 0.269 e. The quantitative estimate of drug-likeness (QED) is 0.867. The van der Waals surface area contributed by atoms with Crippen LogP contribution in [0.3, 0.4) is 0 Å². The van der Waals surface area contributed by atoms with Crippen molar-refractivity contribution in [3.05, 3.63) is 47.3 Å². The van der Waals surface area contributed by atoms with Gasteiger partial charge >= 0.3 is 0 Å². The highest BCUT2D eigenvalue weighted by Gasteiger charge is 2.29. The highest BCUT2D eigenvalue weighted by Crippen LogP contribution is 2.30. The number of primary amides is 1. The number of hydrogen-bond donors (Lipinski definition) is 2. The van der Waals surface area contributed by atoms with Gasteiger partial charge in [-0.3, -0.25) is 14.7 Å². The molecule has 1 aliphatic rings. The van der Waals surface area contributed by atoms with Gasteiger partial charge in [-0.2, -0.15) is 5.10 Å². The van der Waals surface area contributed by atoms with Crippen molar-refractivity contribution in [1.29, 1.82) is 0 Å². The maximum atomic E-state index is 12.6. The molecule has 1 unspecified atom stereocenters. The second kappa shape index (κ2) is 7.38. The largest absolute Gasteiger partial charge is 0.484 e. The summed E-state index contributed by atoms with van der Waals surface area (Å²) in [5, 5.41) is 6.75. The molecular weight excluding hydrogens is 320 g/mol. The number of likely N-dealkylation sites (tertiary alicyclic amines) is 1. The lowest BCUT2D eigenvalue weighted by Gasteiger charge is -2.35. The average molecular weight is 342 g/mol. The highest BCUT2D eigenvalue weighted by atomic mass is 16.5. The van der Waals surface area contributed by atoms with E-state index in [4.69, 9.17) is 10.5 Å². The van der Waals surface area contributed by atoms with E-state index in [0.29, 0.717) is 12.3 Å². The number of hydrogen-bond acceptors (Lipinski definition) is 4. The van der Waals surface area contributed by atoms with Crippen LogP contribution in [0.1, 0.15) is 47.1 Å². The third-order valence-electron chi connectivity index (χ3n) is 4.42. The van der Waals surface area contributed by atoms with E-state index in [9.17, 15) is 9.59 Å². The number of carbonyl (C=O) groups is 2. The molecule has 132 valence electrons. The van der Waals surface area contributed by atoms with Crippen LogP contribution in [0, 0.1) is 6.92 Å². The summed E-state index contributed by atoms with van der Waals surface area (Å²) in [6.45, 7) is 2.64. The summed E-state index contributed by atoms with van der Waals surface area (Å²) in [7, 11) is 0. The molecule has 7 nitrogen and oxygen atoms in total. The van der Waals surface area contributed by atoms with Crippen LogP contribution in [-0.2, 0) is 4.79 Å². The number of nitrogens with zero attached hydrogens (tertiary/aromatic N) is 2. The van der Waals surface area contributed by atoms with Crippen molar-refractivity contribution in [2.24, 2.45) is 5.73 Å². The molecule has 7 heteroatoms. The first-order valence-corrected chi connectivity index (χ1v) is 8.38. The number of amides is 2. The summed E-state index contributed by atoms with van der Waals surface area (Å²) in [6.07, 6.45) is 2.78. The minimum Gasteiger partial charge on any atom is -0.484 e. The van der Waals surface area contributed by atoms with Crippen LogP contribution in [0.5, 0.6) is 5.75 Å². The molecule has 1 aromatic heterocycles. The monoisotopic (exact) mass is 342 g/mol. The molecule has 1 fully saturated rings. The molecule has 3 rings (SSSR count). The molecule has 2 heterocycles. The third-order valence-corrected chi connectivity index (χ3v) is 4.42. The molecule has 0 aliphatic carbocycles. The van der Waals surface area contributed by atoms with Crippen molar-refractivity contribution in [2.75, 3.05) is 13.2 Å². The molecule has 1 saturated heterocycles. The van der Waals surface area contributed by atoms with Gasteiger partial charge in [-0.25, -0.2) is 0 Å². The summed E-state index contributed by atoms with van der Waals surface area (Å²) in [6, 6.07) is 9.08. The molecule has 3 N–H and O–H groups in total. The number of aromatic nitrogens is 2. The zero-order chi connectivity index (χ0) is 17.8. The molecule has 0 radical (unpaired) electrons. The first-order chi connectivity index (χ1) is 12.0. The van der Waals surface area contributed by atoms with Gasteiger partial charge in [0.1, 0.15) is 11.4 Å². The first-order valence-electron chi connectivity index (χ1n) is 8.38. The van der Waals surface area contributed by atoms with Crippen molar-refractivity contribution >= 4 is 11.8 Å². The minimum atomic E-state index is -0.584. The van der Waals surface area contributed by atoms with E-state index in [1.165, 1.54) is 0 Å². The summed E-state index contributed by atoms with van der Waals surface area (Å²) >= 11 is 0. The van der Waals surface area contributed by atoms with Crippen molar-refractivity contribution in [2.45, 2.75) is 32.2 Å². The van der Waals surface area contributed by atoms with E-state index in [1.807, 2.05) is 31.2 Å². The van der Waals surface area contributed by atoms with E-state index in [2.05, 4.69) is 10.2 Å². The predicted octanol–water partition coefficient (Wildman–Crippen LogP) is 1.95. The number of benzene rings is 1. The Labute approximate surface area is 146 Å². The molecule has 25 heavy (non-hydrogen) atoms. The van der Waals surface area contributed by atoms with Gasteiger partial charge in [0.25, 0.3) is 11.8 Å². The fraction of sp³-hybridized carbons (Fsp3) is 0.389. The van der Waals surface area contributed by atoms with Gasteiger partial charge in [-0.05, 0) is 44.4 Å². The Kier molecular flexibility index (Phi) is 5.02. The second-order valence-corrected chi connectivity index (χ2v) is 6.27. The van der Waals surface area contributed by atoms with Gasteiger partial charge in [0.05, 0.1) is 11.7 Å². The molecule has 0 bridgehead atoms. The number of aromatic amines is 1. The molecule has 2 amide bonds. The third kappa shape index (κ3) is 3.99. The molecule has 0 saturated carbocycles. The van der Waals surface area contributed by atoms with Crippen molar-refractivity contribution < 1.29 is 14.3 Å². The molecule has 0 spiro atoms. The Morgan fingerprint density at radius 1 is 1.32 bits per heavy atom. The number of nitrogens with two attached hydrogens (primary N) is 1. The smallest absolute Gasteiger partial charge is 0.269 e. The summed E-state index contributed by atoms with van der Waals surface area (Å²) in [4.78, 5) is 25.7. The van der Waals surface area contributed by atoms with Crippen LogP contribution < -0.4 is 10.5 Å². The first kappa shape index (κ1) is 17.0. The highest BCUT2D eigenvalue weighted by molar-refractivity contribution is 5.90. The van der Waals surface area contributed by atoms with Crippen LogP contribution in [0.25, 0.3) is 0 Å². The lowest BCUT2D eigenvalue weighted by Crippen LogP contribution is -2.41. The van der Waals surface area contributed by atoms with Gasteiger partial charge in [0, 0.05) is 6.54 Å². The molecule has 1 aliphatic heterocycles. The van der Waals surface area contributed by atoms with Gasteiger partial charge in [-0.1, -0.05) is 17.7 Å². The standard InChI is InChI=1S/C18H22N4O3/c1-12-5-7-13(8-6-12)25-11-17(23)22-9-3-2-4-16(22)14-10-15(18(19)24)21-20-14/h5-8,10,16H,2-4,9,11H2,1H3,(H2,19,24)(H,20,21). The summed E-state index contributed by atoms with van der Waals surface area (Å²) < 4.78 is 5.61. The zero-order valence-electron chi connectivity index (χ0n) is 14.2. The number of rotatable bonds is 5. The fourth-order valence-electron chi connectivity index (χ4n) is 3.05.